The van der Waals surface area contributed by atoms with Crippen molar-refractivity contribution in [3.05, 3.63) is 24.0 Å². The van der Waals surface area contributed by atoms with E-state index in [1.807, 2.05) is 4.90 Å². The first-order chi connectivity index (χ1) is 12.4. The zero-order chi connectivity index (χ0) is 18.5. The molecule has 0 saturated carbocycles. The Bertz CT molecular complexity index is 715. The highest BCUT2D eigenvalue weighted by atomic mass is 19.1. The van der Waals surface area contributed by atoms with Crippen LogP contribution in [0.2, 0.25) is 0 Å². The summed E-state index contributed by atoms with van der Waals surface area (Å²) in [6, 6.07) is 4.63. The number of hydrogen-bond donors (Lipinski definition) is 3. The van der Waals surface area contributed by atoms with E-state index in [1.54, 1.807) is 17.0 Å². The summed E-state index contributed by atoms with van der Waals surface area (Å²) >= 11 is 0. The fraction of sp³-hybridized carbons (Fsp3) is 0.632. The van der Waals surface area contributed by atoms with Gasteiger partial charge in [0.25, 0.3) is 0 Å². The number of amides is 1. The fourth-order valence-corrected chi connectivity index (χ4v) is 5.59. The third-order valence-corrected chi connectivity index (χ3v) is 6.59. The molecule has 7 heteroatoms. The largest absolute Gasteiger partial charge is 0.465 e. The Morgan fingerprint density at radius 1 is 1.35 bits per heavy atom. The Labute approximate surface area is 152 Å². The molecule has 3 saturated heterocycles. The number of aliphatic hydroxyl groups excluding tert-OH is 1. The molecule has 1 aromatic carbocycles. The molecule has 4 unspecified atom stereocenters. The van der Waals surface area contributed by atoms with Crippen molar-refractivity contribution in [2.75, 3.05) is 23.7 Å². The predicted molar refractivity (Wildman–Crippen MR) is 96.6 cm³/mol. The number of benzene rings is 1. The zero-order valence-corrected chi connectivity index (χ0v) is 14.8. The Balaban J connectivity index is 1.63. The van der Waals surface area contributed by atoms with Gasteiger partial charge in [0, 0.05) is 30.7 Å². The first kappa shape index (κ1) is 17.4. The molecule has 0 aliphatic carbocycles. The van der Waals surface area contributed by atoms with Crippen LogP contribution in [0.5, 0.6) is 0 Å². The number of halogens is 1. The minimum atomic E-state index is -0.893. The molecule has 4 rings (SSSR count). The van der Waals surface area contributed by atoms with Gasteiger partial charge in [-0.25, -0.2) is 9.18 Å². The first-order valence-corrected chi connectivity index (χ1v) is 9.41. The van der Waals surface area contributed by atoms with E-state index in [4.69, 9.17) is 5.73 Å². The SMILES string of the molecule is Nc1ccc(N2CCCC(C34CCC(CC(O)C3)N4C(=O)O)C2)c(F)c1. The van der Waals surface area contributed by atoms with Gasteiger partial charge < -0.3 is 20.8 Å². The average molecular weight is 363 g/mol. The van der Waals surface area contributed by atoms with Gasteiger partial charge in [-0.2, -0.15) is 0 Å². The van der Waals surface area contributed by atoms with E-state index >= 15 is 0 Å². The van der Waals surface area contributed by atoms with Crippen molar-refractivity contribution in [1.29, 1.82) is 0 Å². The molecular weight excluding hydrogens is 337 g/mol. The average Bonchev–Trinajstić information content (AvgIpc) is 2.85. The molecule has 26 heavy (non-hydrogen) atoms. The van der Waals surface area contributed by atoms with Crippen LogP contribution in [0.3, 0.4) is 0 Å². The summed E-state index contributed by atoms with van der Waals surface area (Å²) in [5.41, 5.74) is 6.04. The molecule has 1 amide bonds. The summed E-state index contributed by atoms with van der Waals surface area (Å²) in [5, 5.41) is 20.2. The van der Waals surface area contributed by atoms with Crippen molar-refractivity contribution in [1.82, 2.24) is 4.90 Å². The van der Waals surface area contributed by atoms with Gasteiger partial charge in [-0.15, -0.1) is 0 Å². The van der Waals surface area contributed by atoms with Crippen molar-refractivity contribution in [3.63, 3.8) is 0 Å². The molecule has 4 atom stereocenters. The molecule has 3 fully saturated rings. The molecule has 3 aliphatic rings. The second-order valence-corrected chi connectivity index (χ2v) is 8.04. The lowest BCUT2D eigenvalue weighted by Crippen LogP contribution is -2.62. The number of piperidine rings is 2. The van der Waals surface area contributed by atoms with E-state index in [1.165, 1.54) is 6.07 Å². The highest BCUT2D eigenvalue weighted by Crippen LogP contribution is 2.50. The number of rotatable bonds is 2. The van der Waals surface area contributed by atoms with E-state index < -0.39 is 17.7 Å². The van der Waals surface area contributed by atoms with Crippen LogP contribution in [0.4, 0.5) is 20.6 Å². The molecule has 3 heterocycles. The minimum absolute atomic E-state index is 0.0873. The molecule has 1 aromatic rings. The predicted octanol–water partition coefficient (Wildman–Crippen LogP) is 2.66. The summed E-state index contributed by atoms with van der Waals surface area (Å²) < 4.78 is 14.4. The molecule has 2 bridgehead atoms. The Kier molecular flexibility index (Phi) is 4.22. The van der Waals surface area contributed by atoms with Crippen molar-refractivity contribution < 1.29 is 19.4 Å². The standard InChI is InChI=1S/C19H26FN3O3/c20-16-8-13(21)3-4-17(16)22-7-1-2-12(11-22)19-6-5-14(9-15(24)10-19)23(19)18(25)26/h3-4,8,12,14-15,24H,1-2,5-7,9-11,21H2,(H,25,26). The van der Waals surface area contributed by atoms with E-state index in [0.29, 0.717) is 30.8 Å². The van der Waals surface area contributed by atoms with Gasteiger partial charge in [0.1, 0.15) is 5.82 Å². The quantitative estimate of drug-likeness (QED) is 0.703. The second kappa shape index (κ2) is 6.30. The topological polar surface area (TPSA) is 90.0 Å². The maximum Gasteiger partial charge on any atom is 0.408 e. The van der Waals surface area contributed by atoms with E-state index in [0.717, 1.165) is 32.2 Å². The lowest BCUT2D eigenvalue weighted by atomic mass is 9.72. The van der Waals surface area contributed by atoms with Crippen molar-refractivity contribution >= 4 is 17.5 Å². The number of nitrogen functional groups attached to an aromatic ring is 1. The molecule has 0 spiro atoms. The smallest absolute Gasteiger partial charge is 0.408 e. The molecule has 6 nitrogen and oxygen atoms in total. The normalized spacial score (nSPS) is 34.2. The van der Waals surface area contributed by atoms with Crippen LogP contribution in [0.1, 0.15) is 38.5 Å². The Morgan fingerprint density at radius 3 is 2.88 bits per heavy atom. The summed E-state index contributed by atoms with van der Waals surface area (Å²) in [4.78, 5) is 15.6. The Hall–Kier alpha value is -2.02. The summed E-state index contributed by atoms with van der Waals surface area (Å²) in [6.45, 7) is 1.34. The maximum absolute atomic E-state index is 14.4. The van der Waals surface area contributed by atoms with Gasteiger partial charge in [-0.05, 0) is 56.7 Å². The number of aliphatic hydroxyl groups is 1. The number of carboxylic acid groups (broad SMARTS) is 1. The molecule has 0 radical (unpaired) electrons. The number of hydrogen-bond acceptors (Lipinski definition) is 4. The third kappa shape index (κ3) is 2.69. The number of nitrogens with zero attached hydrogens (tertiary/aromatic N) is 2. The van der Waals surface area contributed by atoms with Gasteiger partial charge in [0.05, 0.1) is 17.3 Å². The molecular formula is C19H26FN3O3. The van der Waals surface area contributed by atoms with E-state index in [2.05, 4.69) is 0 Å². The molecule has 142 valence electrons. The minimum Gasteiger partial charge on any atom is -0.465 e. The van der Waals surface area contributed by atoms with E-state index in [-0.39, 0.29) is 17.8 Å². The van der Waals surface area contributed by atoms with Crippen LogP contribution >= 0.6 is 0 Å². The van der Waals surface area contributed by atoms with Gasteiger partial charge >= 0.3 is 6.09 Å². The third-order valence-electron chi connectivity index (χ3n) is 6.59. The highest BCUT2D eigenvalue weighted by Gasteiger charge is 2.57. The number of carbonyl (C=O) groups is 1. The summed E-state index contributed by atoms with van der Waals surface area (Å²) in [7, 11) is 0. The van der Waals surface area contributed by atoms with Gasteiger partial charge in [0.2, 0.25) is 0 Å². The van der Waals surface area contributed by atoms with Crippen LogP contribution in [0, 0.1) is 11.7 Å². The van der Waals surface area contributed by atoms with Crippen LogP contribution in [-0.2, 0) is 0 Å². The highest BCUT2D eigenvalue weighted by molar-refractivity contribution is 5.68. The monoisotopic (exact) mass is 363 g/mol. The van der Waals surface area contributed by atoms with Gasteiger partial charge in [-0.1, -0.05) is 0 Å². The fourth-order valence-electron chi connectivity index (χ4n) is 5.59. The van der Waals surface area contributed by atoms with Crippen LogP contribution in [0.15, 0.2) is 18.2 Å². The lowest BCUT2D eigenvalue weighted by Gasteiger charge is -2.52. The first-order valence-electron chi connectivity index (χ1n) is 9.41. The molecule has 4 N–H and O–H groups in total. The Morgan fingerprint density at radius 2 is 2.15 bits per heavy atom. The van der Waals surface area contributed by atoms with Gasteiger partial charge in [0.15, 0.2) is 0 Å². The number of anilines is 2. The van der Waals surface area contributed by atoms with E-state index in [9.17, 15) is 19.4 Å². The number of nitrogens with two attached hydrogens (primary N) is 1. The van der Waals surface area contributed by atoms with Crippen LogP contribution in [0.25, 0.3) is 0 Å². The second-order valence-electron chi connectivity index (χ2n) is 8.04. The maximum atomic E-state index is 14.4. The zero-order valence-electron chi connectivity index (χ0n) is 14.8. The van der Waals surface area contributed by atoms with Gasteiger partial charge in [-0.3, -0.25) is 4.90 Å². The van der Waals surface area contributed by atoms with Crippen molar-refractivity contribution in [2.24, 2.45) is 5.92 Å². The number of fused-ring (bicyclic) bond motifs is 2. The molecule has 3 aliphatic heterocycles. The summed E-state index contributed by atoms with van der Waals surface area (Å²) in [5.74, 6) is -0.254. The summed E-state index contributed by atoms with van der Waals surface area (Å²) in [6.07, 6.45) is 3.02. The lowest BCUT2D eigenvalue weighted by molar-refractivity contribution is -0.0390. The van der Waals surface area contributed by atoms with Crippen LogP contribution < -0.4 is 10.6 Å². The van der Waals surface area contributed by atoms with Crippen LogP contribution in [-0.4, -0.2) is 52.0 Å². The van der Waals surface area contributed by atoms with Crippen molar-refractivity contribution in [2.45, 2.75) is 56.2 Å². The molecule has 0 aromatic heterocycles. The van der Waals surface area contributed by atoms with Crippen molar-refractivity contribution in [3.8, 4) is 0 Å².